The molecule has 1 aromatic heterocycles. The lowest BCUT2D eigenvalue weighted by atomic mass is 10.1. The molecule has 0 radical (unpaired) electrons. The van der Waals surface area contributed by atoms with Gasteiger partial charge in [-0.05, 0) is 43.6 Å². The van der Waals surface area contributed by atoms with E-state index in [0.717, 1.165) is 31.1 Å². The van der Waals surface area contributed by atoms with Crippen LogP contribution in [0.2, 0.25) is 0 Å². The smallest absolute Gasteiger partial charge is 0.253 e. The molecule has 0 unspecified atom stereocenters. The van der Waals surface area contributed by atoms with E-state index in [1.165, 1.54) is 44.2 Å². The average Bonchev–Trinajstić information content (AvgIpc) is 3.24. The second-order valence-corrected chi connectivity index (χ2v) is 7.12. The van der Waals surface area contributed by atoms with Crippen molar-refractivity contribution in [2.24, 2.45) is 0 Å². The summed E-state index contributed by atoms with van der Waals surface area (Å²) in [5, 5.41) is 6.77. The van der Waals surface area contributed by atoms with Gasteiger partial charge in [-0.3, -0.25) is 9.69 Å². The van der Waals surface area contributed by atoms with E-state index in [1.54, 1.807) is 0 Å². The number of aromatic amines is 1. The highest BCUT2D eigenvalue weighted by Gasteiger charge is 2.23. The summed E-state index contributed by atoms with van der Waals surface area (Å²) in [6, 6.07) is 8.16. The molecule has 2 saturated heterocycles. The second-order valence-electron chi connectivity index (χ2n) is 7.12. The van der Waals surface area contributed by atoms with Crippen molar-refractivity contribution in [1.82, 2.24) is 25.0 Å². The van der Waals surface area contributed by atoms with Crippen molar-refractivity contribution in [1.29, 1.82) is 0 Å². The van der Waals surface area contributed by atoms with Crippen LogP contribution in [0, 0.1) is 0 Å². The normalized spacial score (nSPS) is 18.9. The highest BCUT2D eigenvalue weighted by Crippen LogP contribution is 2.16. The number of hydrogen-bond donors (Lipinski definition) is 1. The number of piperazine rings is 1. The van der Waals surface area contributed by atoms with E-state index < -0.39 is 0 Å². The van der Waals surface area contributed by atoms with Crippen molar-refractivity contribution < 1.29 is 4.79 Å². The molecule has 0 saturated carbocycles. The molecule has 2 aliphatic rings. The summed E-state index contributed by atoms with van der Waals surface area (Å²) >= 11 is 0. The van der Waals surface area contributed by atoms with Crippen molar-refractivity contribution >= 4 is 11.9 Å². The first-order valence-corrected chi connectivity index (χ1v) is 9.50. The molecule has 26 heavy (non-hydrogen) atoms. The van der Waals surface area contributed by atoms with E-state index in [4.69, 9.17) is 0 Å². The van der Waals surface area contributed by atoms with Gasteiger partial charge in [0, 0.05) is 38.3 Å². The molecule has 3 heterocycles. The number of amides is 1. The van der Waals surface area contributed by atoms with Crippen molar-refractivity contribution in [2.75, 3.05) is 44.2 Å². The summed E-state index contributed by atoms with van der Waals surface area (Å²) in [6.07, 6.45) is 5.47. The maximum Gasteiger partial charge on any atom is 0.253 e. The lowest BCUT2D eigenvalue weighted by Crippen LogP contribution is -2.49. The van der Waals surface area contributed by atoms with Crippen LogP contribution in [0.1, 0.15) is 35.2 Å². The number of nitrogens with one attached hydrogen (secondary N) is 1. The summed E-state index contributed by atoms with van der Waals surface area (Å²) in [4.78, 5) is 23.5. The van der Waals surface area contributed by atoms with Gasteiger partial charge in [0.2, 0.25) is 5.95 Å². The molecular formula is C19H26N6O. The van der Waals surface area contributed by atoms with Gasteiger partial charge in [-0.2, -0.15) is 10.1 Å². The number of piperidine rings is 1. The molecule has 1 amide bonds. The van der Waals surface area contributed by atoms with Crippen molar-refractivity contribution in [3.63, 3.8) is 0 Å². The van der Waals surface area contributed by atoms with Crippen LogP contribution in [0.15, 0.2) is 30.6 Å². The van der Waals surface area contributed by atoms with Crippen molar-refractivity contribution in [3.05, 3.63) is 41.7 Å². The fraction of sp³-hybridized carbons (Fsp3) is 0.526. The zero-order chi connectivity index (χ0) is 17.8. The highest BCUT2D eigenvalue weighted by atomic mass is 16.2. The van der Waals surface area contributed by atoms with Crippen LogP contribution in [-0.2, 0) is 6.54 Å². The van der Waals surface area contributed by atoms with Crippen LogP contribution in [0.25, 0.3) is 0 Å². The summed E-state index contributed by atoms with van der Waals surface area (Å²) in [5.41, 5.74) is 2.07. The molecule has 7 nitrogen and oxygen atoms in total. The van der Waals surface area contributed by atoms with E-state index in [2.05, 4.69) is 37.1 Å². The molecule has 138 valence electrons. The summed E-state index contributed by atoms with van der Waals surface area (Å²) in [6.45, 7) is 6.32. The van der Waals surface area contributed by atoms with Crippen molar-refractivity contribution in [2.45, 2.75) is 25.8 Å². The van der Waals surface area contributed by atoms with Gasteiger partial charge in [-0.15, -0.1) is 0 Å². The van der Waals surface area contributed by atoms with Crippen LogP contribution in [-0.4, -0.2) is 70.2 Å². The van der Waals surface area contributed by atoms with E-state index in [-0.39, 0.29) is 5.91 Å². The number of benzene rings is 1. The van der Waals surface area contributed by atoms with Gasteiger partial charge in [0.25, 0.3) is 5.91 Å². The molecule has 0 atom stereocenters. The molecule has 2 fully saturated rings. The van der Waals surface area contributed by atoms with Crippen LogP contribution < -0.4 is 4.90 Å². The first-order valence-electron chi connectivity index (χ1n) is 9.50. The molecule has 2 aliphatic heterocycles. The molecule has 4 rings (SSSR count). The summed E-state index contributed by atoms with van der Waals surface area (Å²) in [7, 11) is 0. The number of hydrogen-bond acceptors (Lipinski definition) is 5. The predicted octanol–water partition coefficient (Wildman–Crippen LogP) is 1.75. The largest absolute Gasteiger partial charge is 0.338 e. The Labute approximate surface area is 154 Å². The molecule has 1 aromatic carbocycles. The third kappa shape index (κ3) is 3.88. The number of aromatic nitrogens is 3. The zero-order valence-electron chi connectivity index (χ0n) is 15.1. The van der Waals surface area contributed by atoms with E-state index in [0.29, 0.717) is 13.1 Å². The van der Waals surface area contributed by atoms with Crippen LogP contribution in [0.3, 0.4) is 0 Å². The maximum atomic E-state index is 12.8. The van der Waals surface area contributed by atoms with Gasteiger partial charge in [-0.1, -0.05) is 18.6 Å². The van der Waals surface area contributed by atoms with E-state index in [9.17, 15) is 4.79 Å². The fourth-order valence-corrected chi connectivity index (χ4v) is 3.78. The second kappa shape index (κ2) is 7.86. The minimum Gasteiger partial charge on any atom is -0.338 e. The lowest BCUT2D eigenvalue weighted by molar-refractivity contribution is 0.0746. The van der Waals surface area contributed by atoms with Gasteiger partial charge < -0.3 is 9.80 Å². The van der Waals surface area contributed by atoms with Crippen molar-refractivity contribution in [3.8, 4) is 0 Å². The van der Waals surface area contributed by atoms with Crippen LogP contribution in [0.5, 0.6) is 0 Å². The summed E-state index contributed by atoms with van der Waals surface area (Å²) in [5.74, 6) is 0.894. The van der Waals surface area contributed by atoms with Gasteiger partial charge in [-0.25, -0.2) is 5.10 Å². The van der Waals surface area contributed by atoms with Crippen LogP contribution >= 0.6 is 0 Å². The fourth-order valence-electron chi connectivity index (χ4n) is 3.78. The number of nitrogens with zero attached hydrogens (tertiary/aromatic N) is 5. The Morgan fingerprint density at radius 3 is 2.35 bits per heavy atom. The Bertz CT molecular complexity index is 700. The number of anilines is 1. The minimum atomic E-state index is 0.117. The van der Waals surface area contributed by atoms with E-state index >= 15 is 0 Å². The number of carbonyl (C=O) groups excluding carboxylic acids is 1. The summed E-state index contributed by atoms with van der Waals surface area (Å²) < 4.78 is 0. The lowest BCUT2D eigenvalue weighted by Gasteiger charge is -2.34. The minimum absolute atomic E-state index is 0.117. The number of likely N-dealkylation sites (tertiary alicyclic amines) is 1. The molecular weight excluding hydrogens is 328 g/mol. The highest BCUT2D eigenvalue weighted by molar-refractivity contribution is 5.94. The monoisotopic (exact) mass is 354 g/mol. The molecule has 0 bridgehead atoms. The van der Waals surface area contributed by atoms with Gasteiger partial charge >= 0.3 is 0 Å². The quantitative estimate of drug-likeness (QED) is 0.906. The first kappa shape index (κ1) is 17.0. The Morgan fingerprint density at radius 2 is 1.69 bits per heavy atom. The molecule has 1 N–H and O–H groups in total. The maximum absolute atomic E-state index is 12.8. The Morgan fingerprint density at radius 1 is 0.962 bits per heavy atom. The molecule has 7 heteroatoms. The molecule has 0 spiro atoms. The molecule has 0 aliphatic carbocycles. The third-order valence-corrected chi connectivity index (χ3v) is 5.32. The Balaban J connectivity index is 1.32. The SMILES string of the molecule is O=C(c1ccc(CN2CCCCC2)cc1)N1CCN(c2ncn[nH]2)CC1. The average molecular weight is 354 g/mol. The number of carbonyl (C=O) groups is 1. The Hall–Kier alpha value is -2.41. The number of H-pyrrole nitrogens is 1. The Kier molecular flexibility index (Phi) is 5.15. The first-order chi connectivity index (χ1) is 12.8. The standard InChI is InChI=1S/C19H26N6O/c26-18(24-10-12-25(13-11-24)19-20-15-21-22-19)17-6-4-16(5-7-17)14-23-8-2-1-3-9-23/h4-7,15H,1-3,8-14H2,(H,20,21,22). The number of rotatable bonds is 4. The molecule has 2 aromatic rings. The topological polar surface area (TPSA) is 68.4 Å². The zero-order valence-corrected chi connectivity index (χ0v) is 15.1. The van der Waals surface area contributed by atoms with Gasteiger partial charge in [0.1, 0.15) is 6.33 Å². The van der Waals surface area contributed by atoms with Gasteiger partial charge in [0.15, 0.2) is 0 Å². The van der Waals surface area contributed by atoms with Crippen LogP contribution in [0.4, 0.5) is 5.95 Å². The third-order valence-electron chi connectivity index (χ3n) is 5.32. The van der Waals surface area contributed by atoms with E-state index in [1.807, 2.05) is 17.0 Å². The predicted molar refractivity (Wildman–Crippen MR) is 100 cm³/mol. The van der Waals surface area contributed by atoms with Gasteiger partial charge in [0.05, 0.1) is 0 Å².